The van der Waals surface area contributed by atoms with Gasteiger partial charge in [-0.25, -0.2) is 4.90 Å². The fourth-order valence-corrected chi connectivity index (χ4v) is 2.79. The predicted molar refractivity (Wildman–Crippen MR) is 98.1 cm³/mol. The molecule has 0 fully saturated rings. The van der Waals surface area contributed by atoms with E-state index in [0.29, 0.717) is 24.3 Å². The Labute approximate surface area is 151 Å². The van der Waals surface area contributed by atoms with E-state index in [-0.39, 0.29) is 17.2 Å². The number of nitrogens with zero attached hydrogens (tertiary/aromatic N) is 3. The molecular formula is C20H17N3O3. The Kier molecular flexibility index (Phi) is 4.75. The van der Waals surface area contributed by atoms with Crippen molar-refractivity contribution in [1.29, 1.82) is 0 Å². The number of aromatic nitrogens is 1. The van der Waals surface area contributed by atoms with Crippen molar-refractivity contribution >= 4 is 23.4 Å². The van der Waals surface area contributed by atoms with E-state index in [1.54, 1.807) is 53.5 Å². The van der Waals surface area contributed by atoms with Gasteiger partial charge in [-0.15, -0.1) is 13.2 Å². The molecule has 0 atom stereocenters. The smallest absolute Gasteiger partial charge is 0.284 e. The van der Waals surface area contributed by atoms with Crippen molar-refractivity contribution in [3.8, 4) is 0 Å². The van der Waals surface area contributed by atoms with Gasteiger partial charge in [0.2, 0.25) is 0 Å². The topological polar surface area (TPSA) is 70.6 Å². The molecule has 2 heterocycles. The Hall–Kier alpha value is -3.54. The second kappa shape index (κ2) is 7.14. The van der Waals surface area contributed by atoms with Crippen LogP contribution in [0.1, 0.15) is 31.2 Å². The number of carbonyl (C=O) groups excluding carboxylic acids is 3. The lowest BCUT2D eigenvalue weighted by atomic mass is 10.1. The molecule has 3 rings (SSSR count). The molecule has 0 spiro atoms. The molecule has 2 aromatic rings. The molecule has 6 heteroatoms. The summed E-state index contributed by atoms with van der Waals surface area (Å²) in [5, 5.41) is 0. The third kappa shape index (κ3) is 2.93. The number of rotatable bonds is 6. The summed E-state index contributed by atoms with van der Waals surface area (Å²) < 4.78 is 0. The highest BCUT2D eigenvalue weighted by Crippen LogP contribution is 2.27. The van der Waals surface area contributed by atoms with E-state index in [2.05, 4.69) is 18.1 Å². The van der Waals surface area contributed by atoms with Gasteiger partial charge in [-0.3, -0.25) is 19.4 Å². The second-order valence-corrected chi connectivity index (χ2v) is 5.68. The Balaban J connectivity index is 1.86. The molecule has 0 bridgehead atoms. The number of imide groups is 1. The van der Waals surface area contributed by atoms with Crippen LogP contribution in [0.4, 0.5) is 5.69 Å². The molecule has 130 valence electrons. The highest BCUT2D eigenvalue weighted by atomic mass is 16.2. The zero-order valence-corrected chi connectivity index (χ0v) is 14.1. The van der Waals surface area contributed by atoms with E-state index in [0.717, 1.165) is 4.90 Å². The molecule has 0 aliphatic carbocycles. The molecule has 6 nitrogen and oxygen atoms in total. The van der Waals surface area contributed by atoms with Crippen molar-refractivity contribution in [2.45, 2.75) is 0 Å². The average Bonchev–Trinajstić information content (AvgIpc) is 2.92. The van der Waals surface area contributed by atoms with Gasteiger partial charge in [0, 0.05) is 24.8 Å². The molecule has 0 radical (unpaired) electrons. The third-order valence-corrected chi connectivity index (χ3v) is 4.01. The van der Waals surface area contributed by atoms with E-state index < -0.39 is 11.8 Å². The predicted octanol–water partition coefficient (Wildman–Crippen LogP) is 2.70. The summed E-state index contributed by atoms with van der Waals surface area (Å²) in [6.45, 7) is 8.09. The zero-order chi connectivity index (χ0) is 18.7. The molecule has 1 aromatic heterocycles. The first-order valence-electron chi connectivity index (χ1n) is 8.03. The first kappa shape index (κ1) is 17.3. The molecule has 0 unspecified atom stereocenters. The summed E-state index contributed by atoms with van der Waals surface area (Å²) in [7, 11) is 0. The molecule has 1 aliphatic rings. The number of fused-ring (bicyclic) bond motifs is 1. The minimum Gasteiger partial charge on any atom is -0.331 e. The standard InChI is InChI=1S/C20H17N3O3/c1-3-12-22(13-4-2)18(24)14-7-9-15(10-8-14)23-19(25)16-6-5-11-21-17(16)20(23)26/h3-11H,1-2,12-13H2. The lowest BCUT2D eigenvalue weighted by Crippen LogP contribution is -2.32. The summed E-state index contributed by atoms with van der Waals surface area (Å²) in [6, 6.07) is 9.53. The van der Waals surface area contributed by atoms with Crippen LogP contribution in [0, 0.1) is 0 Å². The van der Waals surface area contributed by atoms with Crippen molar-refractivity contribution in [3.05, 3.63) is 84.7 Å². The first-order valence-corrected chi connectivity index (χ1v) is 8.03. The highest BCUT2D eigenvalue weighted by Gasteiger charge is 2.37. The SMILES string of the molecule is C=CCN(CC=C)C(=O)c1ccc(N2C(=O)c3cccnc3C2=O)cc1. The Bertz CT molecular complexity index is 858. The molecule has 3 amide bonds. The van der Waals surface area contributed by atoms with Gasteiger partial charge in [-0.1, -0.05) is 12.2 Å². The summed E-state index contributed by atoms with van der Waals surface area (Å²) >= 11 is 0. The summed E-state index contributed by atoms with van der Waals surface area (Å²) in [5.74, 6) is -1.07. The van der Waals surface area contributed by atoms with Crippen LogP contribution in [0.25, 0.3) is 0 Å². The molecule has 0 saturated carbocycles. The van der Waals surface area contributed by atoms with Gasteiger partial charge in [-0.2, -0.15) is 0 Å². The van der Waals surface area contributed by atoms with Crippen LogP contribution in [0.2, 0.25) is 0 Å². The number of hydrogen-bond donors (Lipinski definition) is 0. The Morgan fingerprint density at radius 1 is 1.04 bits per heavy atom. The van der Waals surface area contributed by atoms with Crippen molar-refractivity contribution in [2.24, 2.45) is 0 Å². The van der Waals surface area contributed by atoms with Crippen LogP contribution in [-0.4, -0.2) is 40.7 Å². The normalized spacial score (nSPS) is 12.7. The fourth-order valence-electron chi connectivity index (χ4n) is 2.79. The van der Waals surface area contributed by atoms with Gasteiger partial charge in [0.25, 0.3) is 17.7 Å². The molecule has 0 N–H and O–H groups in total. The first-order chi connectivity index (χ1) is 12.6. The van der Waals surface area contributed by atoms with E-state index in [4.69, 9.17) is 0 Å². The number of pyridine rings is 1. The summed E-state index contributed by atoms with van der Waals surface area (Å²) in [4.78, 5) is 44.1. The minimum atomic E-state index is -0.468. The van der Waals surface area contributed by atoms with E-state index in [1.165, 1.54) is 6.20 Å². The zero-order valence-electron chi connectivity index (χ0n) is 14.1. The van der Waals surface area contributed by atoms with E-state index in [1.807, 2.05) is 0 Å². The van der Waals surface area contributed by atoms with Crippen molar-refractivity contribution in [3.63, 3.8) is 0 Å². The maximum Gasteiger partial charge on any atom is 0.284 e. The van der Waals surface area contributed by atoms with Gasteiger partial charge in [0.05, 0.1) is 11.3 Å². The number of hydrogen-bond acceptors (Lipinski definition) is 4. The van der Waals surface area contributed by atoms with Gasteiger partial charge in [0.1, 0.15) is 5.69 Å². The average molecular weight is 347 g/mol. The van der Waals surface area contributed by atoms with Crippen LogP contribution in [0.15, 0.2) is 67.9 Å². The maximum atomic E-state index is 12.5. The van der Waals surface area contributed by atoms with Crippen LogP contribution in [-0.2, 0) is 0 Å². The summed E-state index contributed by atoms with van der Waals surface area (Å²) in [5.41, 5.74) is 1.27. The fraction of sp³-hybridized carbons (Fsp3) is 0.100. The largest absolute Gasteiger partial charge is 0.331 e. The maximum absolute atomic E-state index is 12.5. The van der Waals surface area contributed by atoms with Crippen LogP contribution < -0.4 is 4.90 Å². The van der Waals surface area contributed by atoms with E-state index in [9.17, 15) is 14.4 Å². The molecular weight excluding hydrogens is 330 g/mol. The minimum absolute atomic E-state index is 0.140. The van der Waals surface area contributed by atoms with Gasteiger partial charge < -0.3 is 4.90 Å². The number of carbonyl (C=O) groups is 3. The third-order valence-electron chi connectivity index (χ3n) is 4.01. The lowest BCUT2D eigenvalue weighted by Gasteiger charge is -2.20. The van der Waals surface area contributed by atoms with E-state index >= 15 is 0 Å². The van der Waals surface area contributed by atoms with Crippen LogP contribution in [0.3, 0.4) is 0 Å². The number of anilines is 1. The van der Waals surface area contributed by atoms with Crippen molar-refractivity contribution in [1.82, 2.24) is 9.88 Å². The van der Waals surface area contributed by atoms with Crippen molar-refractivity contribution in [2.75, 3.05) is 18.0 Å². The van der Waals surface area contributed by atoms with Gasteiger partial charge in [0.15, 0.2) is 0 Å². The number of amides is 3. The highest BCUT2D eigenvalue weighted by molar-refractivity contribution is 6.33. The molecule has 1 aromatic carbocycles. The molecule has 26 heavy (non-hydrogen) atoms. The lowest BCUT2D eigenvalue weighted by molar-refractivity contribution is 0.0790. The monoisotopic (exact) mass is 347 g/mol. The Morgan fingerprint density at radius 3 is 2.27 bits per heavy atom. The van der Waals surface area contributed by atoms with Crippen LogP contribution >= 0.6 is 0 Å². The summed E-state index contributed by atoms with van der Waals surface area (Å²) in [6.07, 6.45) is 4.76. The van der Waals surface area contributed by atoms with Gasteiger partial charge in [-0.05, 0) is 36.4 Å². The molecule has 0 saturated heterocycles. The Morgan fingerprint density at radius 2 is 1.69 bits per heavy atom. The molecule has 1 aliphatic heterocycles. The van der Waals surface area contributed by atoms with Crippen LogP contribution in [0.5, 0.6) is 0 Å². The van der Waals surface area contributed by atoms with Gasteiger partial charge >= 0.3 is 0 Å². The van der Waals surface area contributed by atoms with Crippen molar-refractivity contribution < 1.29 is 14.4 Å². The number of benzene rings is 1. The second-order valence-electron chi connectivity index (χ2n) is 5.68. The quantitative estimate of drug-likeness (QED) is 0.595.